The summed E-state index contributed by atoms with van der Waals surface area (Å²) >= 11 is 0. The predicted molar refractivity (Wildman–Crippen MR) is 54.7 cm³/mol. The summed E-state index contributed by atoms with van der Waals surface area (Å²) in [6, 6.07) is 5.44. The first-order chi connectivity index (χ1) is 7.70. The zero-order chi connectivity index (χ0) is 11.5. The Morgan fingerprint density at radius 1 is 1.47 bits per heavy atom. The Hall–Kier alpha value is -0.520. The quantitative estimate of drug-likeness (QED) is 0.844. The van der Waals surface area contributed by atoms with Gasteiger partial charge in [0.25, 0.3) is 5.91 Å². The number of carbonyl (C=O) groups is 1. The van der Waals surface area contributed by atoms with Crippen LogP contribution in [0.1, 0.15) is 12.5 Å². The fourth-order valence-corrected chi connectivity index (χ4v) is 1.61. The molecular formula is C11H12ArFNO3. The SMILES string of the molecule is C[C@@H](Cc1ccc2c(c1)OCO2)C(=O)NF.[Ar]. The summed E-state index contributed by atoms with van der Waals surface area (Å²) in [6.45, 7) is 1.89. The molecule has 0 saturated carbocycles. The van der Waals surface area contributed by atoms with Gasteiger partial charge >= 0.3 is 0 Å². The van der Waals surface area contributed by atoms with Crippen molar-refractivity contribution in [1.29, 1.82) is 0 Å². The summed E-state index contributed by atoms with van der Waals surface area (Å²) in [4.78, 5) is 11.0. The van der Waals surface area contributed by atoms with Gasteiger partial charge in [-0.05, 0) is 24.1 Å². The average Bonchev–Trinajstić information content (AvgIpc) is 2.75. The summed E-state index contributed by atoms with van der Waals surface area (Å²) in [5.41, 5.74) is 2.06. The van der Waals surface area contributed by atoms with Crippen LogP contribution in [0.2, 0.25) is 0 Å². The van der Waals surface area contributed by atoms with E-state index < -0.39 is 11.8 Å². The Kier molecular flexibility index (Phi) is 5.49. The molecule has 0 spiro atoms. The molecule has 0 aromatic heterocycles. The van der Waals surface area contributed by atoms with E-state index in [0.29, 0.717) is 17.9 Å². The summed E-state index contributed by atoms with van der Waals surface area (Å²) < 4.78 is 22.3. The minimum atomic E-state index is -0.613. The predicted octanol–water partition coefficient (Wildman–Crippen LogP) is 1.59. The number of halogens is 1. The number of amides is 1. The summed E-state index contributed by atoms with van der Waals surface area (Å²) in [5.74, 6) is 0.347. The van der Waals surface area contributed by atoms with Gasteiger partial charge in [0.2, 0.25) is 6.79 Å². The first kappa shape index (κ1) is 14.5. The minimum absolute atomic E-state index is 0. The van der Waals surface area contributed by atoms with Gasteiger partial charge < -0.3 is 9.47 Å². The first-order valence-electron chi connectivity index (χ1n) is 4.99. The van der Waals surface area contributed by atoms with Crippen LogP contribution in [0.5, 0.6) is 11.5 Å². The van der Waals surface area contributed by atoms with Crippen molar-refractivity contribution in [2.24, 2.45) is 5.92 Å². The number of carbonyl (C=O) groups excluding carboxylic acids is 1. The molecule has 1 aliphatic rings. The largest absolute Gasteiger partial charge is 0.454 e. The summed E-state index contributed by atoms with van der Waals surface area (Å²) in [5, 5.41) is 0. The Morgan fingerprint density at radius 3 is 2.88 bits per heavy atom. The molecule has 4 nitrogen and oxygen atoms in total. The minimum Gasteiger partial charge on any atom is -0.454 e. The van der Waals surface area contributed by atoms with Crippen LogP contribution in [0.4, 0.5) is 4.48 Å². The van der Waals surface area contributed by atoms with Crippen molar-refractivity contribution in [2.75, 3.05) is 6.79 Å². The summed E-state index contributed by atoms with van der Waals surface area (Å²) in [6.07, 6.45) is 0.465. The van der Waals surface area contributed by atoms with E-state index in [1.165, 1.54) is 0 Å². The molecule has 1 aliphatic heterocycles. The van der Waals surface area contributed by atoms with E-state index >= 15 is 0 Å². The Morgan fingerprint density at radius 2 is 2.18 bits per heavy atom. The number of nitrogens with one attached hydrogen (secondary N) is 1. The van der Waals surface area contributed by atoms with Crippen LogP contribution in [0.25, 0.3) is 0 Å². The number of ether oxygens (including phenoxy) is 2. The number of hydrogen-bond acceptors (Lipinski definition) is 3. The number of fused-ring (bicyclic) bond motifs is 1. The van der Waals surface area contributed by atoms with E-state index in [2.05, 4.69) is 0 Å². The molecule has 1 aromatic carbocycles. The van der Waals surface area contributed by atoms with Gasteiger partial charge in [-0.15, -0.1) is 4.48 Å². The molecule has 0 fully saturated rings. The molecule has 1 aromatic rings. The van der Waals surface area contributed by atoms with Crippen LogP contribution >= 0.6 is 0 Å². The molecule has 1 atom stereocenters. The van der Waals surface area contributed by atoms with Gasteiger partial charge in [0.05, 0.1) is 0 Å². The molecule has 0 radical (unpaired) electrons. The van der Waals surface area contributed by atoms with Crippen molar-refractivity contribution in [3.8, 4) is 11.5 Å². The molecule has 6 heteroatoms. The van der Waals surface area contributed by atoms with Crippen molar-refractivity contribution in [1.82, 2.24) is 5.54 Å². The van der Waals surface area contributed by atoms with E-state index in [4.69, 9.17) is 9.47 Å². The molecule has 1 N–H and O–H groups in total. The van der Waals surface area contributed by atoms with E-state index in [1.807, 2.05) is 12.1 Å². The third kappa shape index (κ3) is 3.47. The second-order valence-electron chi connectivity index (χ2n) is 3.75. The Labute approximate surface area is 128 Å². The van der Waals surface area contributed by atoms with Crippen LogP contribution in [0.3, 0.4) is 0 Å². The van der Waals surface area contributed by atoms with Crippen LogP contribution in [-0.4, -0.2) is 12.7 Å². The average molecular weight is 265 g/mol. The molecule has 2 rings (SSSR count). The van der Waals surface area contributed by atoms with E-state index in [9.17, 15) is 9.28 Å². The van der Waals surface area contributed by atoms with Crippen molar-refractivity contribution in [3.05, 3.63) is 23.8 Å². The van der Waals surface area contributed by atoms with Crippen LogP contribution in [0, 0.1) is 43.7 Å². The number of hydrogen-bond donors (Lipinski definition) is 1. The van der Waals surface area contributed by atoms with E-state index in [1.54, 1.807) is 13.0 Å². The zero-order valence-corrected chi connectivity index (χ0v) is 9.89. The van der Waals surface area contributed by atoms with Crippen molar-refractivity contribution >= 4 is 5.91 Å². The molecular weight excluding hydrogens is 253 g/mol. The number of benzene rings is 1. The van der Waals surface area contributed by atoms with Crippen LogP contribution in [0.15, 0.2) is 18.2 Å². The third-order valence-corrected chi connectivity index (χ3v) is 2.52. The fraction of sp³-hybridized carbons (Fsp3) is 0.364. The molecule has 94 valence electrons. The van der Waals surface area contributed by atoms with Crippen molar-refractivity contribution < 1.29 is 56.5 Å². The van der Waals surface area contributed by atoms with Crippen LogP contribution < -0.4 is 15.0 Å². The van der Waals surface area contributed by atoms with E-state index in [0.717, 1.165) is 11.1 Å². The molecule has 0 saturated heterocycles. The van der Waals surface area contributed by atoms with Gasteiger partial charge in [-0.3, -0.25) is 4.79 Å². The Bertz CT molecular complexity index is 414. The Balaban J connectivity index is 0.00000144. The van der Waals surface area contributed by atoms with Gasteiger partial charge in [-0.1, -0.05) is 13.0 Å². The molecule has 0 aliphatic carbocycles. The van der Waals surface area contributed by atoms with Crippen LogP contribution in [-0.2, 0) is 11.2 Å². The molecule has 1 amide bonds. The van der Waals surface area contributed by atoms with Crippen molar-refractivity contribution in [3.63, 3.8) is 0 Å². The standard InChI is InChI=1S/C11H12FNO3.Ar/c1-7(11(14)13-12)4-8-2-3-9-10(5-8)16-6-15-9;/h2-3,5,7H,4,6H2,1H3,(H,13,14);/t7-;/m0./s1. The van der Waals surface area contributed by atoms with Gasteiger partial charge in [-0.25, -0.2) is 0 Å². The van der Waals surface area contributed by atoms with Gasteiger partial charge in [0.1, 0.15) is 0 Å². The first-order valence-corrected chi connectivity index (χ1v) is 4.99. The second-order valence-corrected chi connectivity index (χ2v) is 3.75. The van der Waals surface area contributed by atoms with Crippen molar-refractivity contribution in [2.45, 2.75) is 13.3 Å². The van der Waals surface area contributed by atoms with E-state index in [-0.39, 0.29) is 44.5 Å². The zero-order valence-electron chi connectivity index (χ0n) is 9.18. The maximum Gasteiger partial charge on any atom is 0.250 e. The smallest absolute Gasteiger partial charge is 0.250 e. The third-order valence-electron chi connectivity index (χ3n) is 2.52. The monoisotopic (exact) mass is 265 g/mol. The summed E-state index contributed by atoms with van der Waals surface area (Å²) in [7, 11) is 0. The molecule has 17 heavy (non-hydrogen) atoms. The number of rotatable bonds is 3. The molecule has 1 heterocycles. The molecule has 0 bridgehead atoms. The second kappa shape index (κ2) is 6.42. The van der Waals surface area contributed by atoms with Gasteiger partial charge in [0.15, 0.2) is 11.5 Å². The normalized spacial score (nSPS) is 13.8. The maximum atomic E-state index is 11.9. The maximum absolute atomic E-state index is 11.9. The molecule has 0 unspecified atom stereocenters. The topological polar surface area (TPSA) is 47.6 Å². The fourth-order valence-electron chi connectivity index (χ4n) is 1.61. The van der Waals surface area contributed by atoms with Gasteiger partial charge in [-0.2, -0.15) is 5.54 Å². The van der Waals surface area contributed by atoms with Gasteiger partial charge in [0, 0.05) is 43.7 Å².